The maximum Gasteiger partial charge on any atom is 0.178 e. The van der Waals surface area contributed by atoms with Crippen LogP contribution in [0.1, 0.15) is 5.56 Å². The molecule has 5 heteroatoms. The number of methoxy groups -OCH3 is 1. The molecule has 3 rings (SSSR count). The van der Waals surface area contributed by atoms with Gasteiger partial charge in [0.25, 0.3) is 0 Å². The van der Waals surface area contributed by atoms with Gasteiger partial charge >= 0.3 is 0 Å². The topological polar surface area (TPSA) is 39.9 Å². The van der Waals surface area contributed by atoms with Gasteiger partial charge < -0.3 is 4.74 Å². The summed E-state index contributed by atoms with van der Waals surface area (Å²) in [6.45, 7) is 2.08. The van der Waals surface area contributed by atoms with Crippen molar-refractivity contribution in [2.24, 2.45) is 0 Å². The minimum Gasteiger partial charge on any atom is -0.496 e. The van der Waals surface area contributed by atoms with Crippen LogP contribution in [0.5, 0.6) is 5.75 Å². The number of aromatic nitrogens is 3. The van der Waals surface area contributed by atoms with Gasteiger partial charge in [-0.1, -0.05) is 29.8 Å². The van der Waals surface area contributed by atoms with Gasteiger partial charge in [-0.25, -0.2) is 3.97 Å². The third-order valence-electron chi connectivity index (χ3n) is 3.09. The average molecular weight is 297 g/mol. The second-order valence-electron chi connectivity index (χ2n) is 4.58. The first-order valence-electron chi connectivity index (χ1n) is 6.56. The Kier molecular flexibility index (Phi) is 3.92. The molecule has 0 aliphatic heterocycles. The summed E-state index contributed by atoms with van der Waals surface area (Å²) in [6, 6.07) is 16.2. The molecule has 0 fully saturated rings. The van der Waals surface area contributed by atoms with Crippen LogP contribution in [0.3, 0.4) is 0 Å². The molecule has 0 spiro atoms. The molecule has 0 aliphatic rings. The van der Waals surface area contributed by atoms with Gasteiger partial charge in [-0.3, -0.25) is 0 Å². The van der Waals surface area contributed by atoms with Crippen LogP contribution in [0.2, 0.25) is 0 Å². The lowest BCUT2D eigenvalue weighted by Gasteiger charge is -2.09. The second-order valence-corrected chi connectivity index (χ2v) is 5.63. The highest BCUT2D eigenvalue weighted by Crippen LogP contribution is 2.31. The number of aryl methyl sites for hydroxylation is 1. The fraction of sp³-hybridized carbons (Fsp3) is 0.125. The number of nitrogens with zero attached hydrogens (tertiary/aromatic N) is 3. The quantitative estimate of drug-likeness (QED) is 0.734. The fourth-order valence-corrected chi connectivity index (χ4v) is 2.80. The standard InChI is InChI=1S/C16H15N3OS/c1-12-7-9-13(10-8-12)21-19-11-17-18-16(19)14-5-3-4-6-15(14)20-2/h3-11H,1-2H3. The molecule has 0 N–H and O–H groups in total. The van der Waals surface area contributed by atoms with E-state index in [9.17, 15) is 0 Å². The van der Waals surface area contributed by atoms with E-state index in [1.54, 1.807) is 25.4 Å². The summed E-state index contributed by atoms with van der Waals surface area (Å²) >= 11 is 1.58. The van der Waals surface area contributed by atoms with E-state index in [2.05, 4.69) is 41.4 Å². The zero-order chi connectivity index (χ0) is 14.7. The minimum atomic E-state index is 0.776. The highest BCUT2D eigenvalue weighted by atomic mass is 32.2. The van der Waals surface area contributed by atoms with Crippen molar-refractivity contribution in [2.75, 3.05) is 7.11 Å². The van der Waals surface area contributed by atoms with Crippen molar-refractivity contribution in [1.29, 1.82) is 0 Å². The van der Waals surface area contributed by atoms with E-state index in [1.807, 2.05) is 28.2 Å². The lowest BCUT2D eigenvalue weighted by Crippen LogP contribution is -1.94. The van der Waals surface area contributed by atoms with Gasteiger partial charge in [0.1, 0.15) is 12.1 Å². The lowest BCUT2D eigenvalue weighted by atomic mass is 10.2. The number of hydrogen-bond acceptors (Lipinski definition) is 4. The molecule has 2 aromatic carbocycles. The Balaban J connectivity index is 1.95. The van der Waals surface area contributed by atoms with E-state index in [0.29, 0.717) is 0 Å². The van der Waals surface area contributed by atoms with Gasteiger partial charge in [-0.15, -0.1) is 10.2 Å². The van der Waals surface area contributed by atoms with Gasteiger partial charge in [0, 0.05) is 4.90 Å². The molecule has 0 aliphatic carbocycles. The summed E-state index contributed by atoms with van der Waals surface area (Å²) < 4.78 is 7.35. The smallest absolute Gasteiger partial charge is 0.178 e. The Morgan fingerprint density at radius 1 is 1.05 bits per heavy atom. The van der Waals surface area contributed by atoms with E-state index in [-0.39, 0.29) is 0 Å². The molecular formula is C16H15N3OS. The van der Waals surface area contributed by atoms with Crippen LogP contribution in [-0.2, 0) is 0 Å². The largest absolute Gasteiger partial charge is 0.496 e. The predicted molar refractivity (Wildman–Crippen MR) is 84.4 cm³/mol. The summed E-state index contributed by atoms with van der Waals surface area (Å²) in [6.07, 6.45) is 1.71. The van der Waals surface area contributed by atoms with Crippen molar-refractivity contribution in [3.8, 4) is 17.1 Å². The highest BCUT2D eigenvalue weighted by molar-refractivity contribution is 7.98. The molecule has 0 saturated carbocycles. The van der Waals surface area contributed by atoms with Crippen molar-refractivity contribution >= 4 is 11.9 Å². The molecule has 0 radical (unpaired) electrons. The summed E-state index contributed by atoms with van der Waals surface area (Å²) in [5.74, 6) is 1.56. The first-order chi connectivity index (χ1) is 10.3. The molecule has 1 aromatic heterocycles. The summed E-state index contributed by atoms with van der Waals surface area (Å²) in [4.78, 5) is 1.14. The average Bonchev–Trinajstić information content (AvgIpc) is 2.97. The van der Waals surface area contributed by atoms with Gasteiger partial charge in [0.05, 0.1) is 12.7 Å². The van der Waals surface area contributed by atoms with Crippen molar-refractivity contribution in [3.05, 3.63) is 60.4 Å². The minimum absolute atomic E-state index is 0.776. The van der Waals surface area contributed by atoms with Gasteiger partial charge in [0.2, 0.25) is 0 Å². The zero-order valence-electron chi connectivity index (χ0n) is 11.9. The summed E-state index contributed by atoms with van der Waals surface area (Å²) in [5.41, 5.74) is 2.17. The normalized spacial score (nSPS) is 10.6. The number of para-hydroxylation sites is 1. The van der Waals surface area contributed by atoms with Crippen LogP contribution < -0.4 is 4.74 Å². The Hall–Kier alpha value is -2.27. The Bertz CT molecular complexity index is 737. The Labute approximate surface area is 127 Å². The van der Waals surface area contributed by atoms with Crippen molar-refractivity contribution in [2.45, 2.75) is 11.8 Å². The van der Waals surface area contributed by atoms with Crippen LogP contribution in [0, 0.1) is 6.92 Å². The monoisotopic (exact) mass is 297 g/mol. The highest BCUT2D eigenvalue weighted by Gasteiger charge is 2.13. The first kappa shape index (κ1) is 13.7. The van der Waals surface area contributed by atoms with Crippen molar-refractivity contribution in [3.63, 3.8) is 0 Å². The van der Waals surface area contributed by atoms with E-state index in [4.69, 9.17) is 4.74 Å². The molecule has 0 saturated heterocycles. The van der Waals surface area contributed by atoms with Crippen LogP contribution in [0.15, 0.2) is 59.8 Å². The third-order valence-corrected chi connectivity index (χ3v) is 4.04. The molecule has 106 valence electrons. The number of rotatable bonds is 4. The maximum atomic E-state index is 5.40. The van der Waals surface area contributed by atoms with Crippen LogP contribution >= 0.6 is 11.9 Å². The lowest BCUT2D eigenvalue weighted by molar-refractivity contribution is 0.416. The number of benzene rings is 2. The molecule has 0 unspecified atom stereocenters. The van der Waals surface area contributed by atoms with E-state index >= 15 is 0 Å². The molecule has 3 aromatic rings. The number of ether oxygens (including phenoxy) is 1. The van der Waals surface area contributed by atoms with Crippen molar-refractivity contribution in [1.82, 2.24) is 14.2 Å². The van der Waals surface area contributed by atoms with E-state index < -0.39 is 0 Å². The van der Waals surface area contributed by atoms with Gasteiger partial charge in [-0.2, -0.15) is 0 Å². The SMILES string of the molecule is COc1ccccc1-c1nncn1Sc1ccc(C)cc1. The first-order valence-corrected chi connectivity index (χ1v) is 7.33. The van der Waals surface area contributed by atoms with Gasteiger partial charge in [0.15, 0.2) is 5.82 Å². The van der Waals surface area contributed by atoms with E-state index in [0.717, 1.165) is 22.0 Å². The predicted octanol–water partition coefficient (Wildman–Crippen LogP) is 3.82. The third kappa shape index (κ3) is 2.92. The summed E-state index contributed by atoms with van der Waals surface area (Å²) in [5, 5.41) is 8.25. The fourth-order valence-electron chi connectivity index (χ4n) is 2.01. The molecule has 4 nitrogen and oxygen atoms in total. The second kappa shape index (κ2) is 6.01. The molecule has 0 amide bonds. The molecule has 0 bridgehead atoms. The molecular weight excluding hydrogens is 282 g/mol. The maximum absolute atomic E-state index is 5.40. The summed E-state index contributed by atoms with van der Waals surface area (Å²) in [7, 11) is 1.66. The number of hydrogen-bond donors (Lipinski definition) is 0. The van der Waals surface area contributed by atoms with Gasteiger partial charge in [-0.05, 0) is 43.1 Å². The van der Waals surface area contributed by atoms with Crippen molar-refractivity contribution < 1.29 is 4.74 Å². The van der Waals surface area contributed by atoms with Crippen LogP contribution in [0.4, 0.5) is 0 Å². The van der Waals surface area contributed by atoms with E-state index in [1.165, 1.54) is 5.56 Å². The molecule has 1 heterocycles. The zero-order valence-corrected chi connectivity index (χ0v) is 12.7. The van der Waals surface area contributed by atoms with Crippen LogP contribution in [0.25, 0.3) is 11.4 Å². The Morgan fingerprint density at radius 3 is 2.57 bits per heavy atom. The molecule has 0 atom stereocenters. The Morgan fingerprint density at radius 2 is 1.81 bits per heavy atom. The van der Waals surface area contributed by atoms with Crippen LogP contribution in [-0.4, -0.2) is 21.3 Å². The molecule has 21 heavy (non-hydrogen) atoms.